The summed E-state index contributed by atoms with van der Waals surface area (Å²) < 4.78 is 2.58. The molecule has 0 unspecified atom stereocenters. The second kappa shape index (κ2) is 18.1. The molecule has 0 N–H and O–H groups in total. The number of aromatic nitrogens is 2. The van der Waals surface area contributed by atoms with Gasteiger partial charge in [-0.2, -0.15) is 11.3 Å². The first-order valence-electron chi connectivity index (χ1n) is 21.0. The first kappa shape index (κ1) is 46.3. The van der Waals surface area contributed by atoms with E-state index in [1.165, 1.54) is 58.7 Å². The Bertz CT molecular complexity index is 2490. The maximum absolute atomic E-state index is 4.74. The van der Waals surface area contributed by atoms with Crippen LogP contribution >= 0.6 is 11.3 Å². The molecule has 3 heterocycles. The molecule has 311 valence electrons. The molecule has 0 bridgehead atoms. The van der Waals surface area contributed by atoms with Crippen molar-refractivity contribution in [2.75, 3.05) is 0 Å². The first-order valence-corrected chi connectivity index (χ1v) is 25.3. The molecular formula is C54H64IrN2SSi-2. The number of thiophene rings is 1. The number of rotatable bonds is 7. The van der Waals surface area contributed by atoms with Crippen molar-refractivity contribution in [1.29, 1.82) is 0 Å². The summed E-state index contributed by atoms with van der Waals surface area (Å²) in [6.45, 7) is 32.4. The van der Waals surface area contributed by atoms with Crippen LogP contribution in [0.2, 0.25) is 19.6 Å². The average Bonchev–Trinajstić information content (AvgIpc) is 3.51. The van der Waals surface area contributed by atoms with Gasteiger partial charge in [-0.15, -0.1) is 59.7 Å². The van der Waals surface area contributed by atoms with E-state index in [1.807, 2.05) is 35.7 Å². The van der Waals surface area contributed by atoms with Gasteiger partial charge in [-0.1, -0.05) is 155 Å². The fourth-order valence-corrected chi connectivity index (χ4v) is 10.4. The normalized spacial score (nSPS) is 12.4. The zero-order chi connectivity index (χ0) is 42.2. The average molecular weight is 993 g/mol. The van der Waals surface area contributed by atoms with Crippen LogP contribution in [0.4, 0.5) is 0 Å². The second-order valence-corrected chi connectivity index (χ2v) is 26.9. The monoisotopic (exact) mass is 993 g/mol. The van der Waals surface area contributed by atoms with Crippen molar-refractivity contribution >= 4 is 44.8 Å². The molecule has 0 saturated heterocycles. The van der Waals surface area contributed by atoms with Crippen LogP contribution in [0, 0.1) is 23.5 Å². The Balaban J connectivity index is 0.000000256. The minimum Gasteiger partial charge on any atom is -0.305 e. The van der Waals surface area contributed by atoms with Crippen molar-refractivity contribution in [1.82, 2.24) is 9.97 Å². The van der Waals surface area contributed by atoms with E-state index in [-0.39, 0.29) is 36.4 Å². The van der Waals surface area contributed by atoms with Crippen LogP contribution in [0.3, 0.4) is 0 Å². The maximum atomic E-state index is 4.74. The summed E-state index contributed by atoms with van der Waals surface area (Å²) in [7, 11) is -1.37. The summed E-state index contributed by atoms with van der Waals surface area (Å²) in [5, 5.41) is 4.08. The van der Waals surface area contributed by atoms with Crippen LogP contribution in [0.1, 0.15) is 98.4 Å². The van der Waals surface area contributed by atoms with Crippen molar-refractivity contribution in [3.05, 3.63) is 138 Å². The van der Waals surface area contributed by atoms with E-state index in [2.05, 4.69) is 187 Å². The molecule has 0 saturated carbocycles. The molecule has 0 aliphatic carbocycles. The maximum Gasteiger partial charge on any atom is 0.0798 e. The Morgan fingerprint density at radius 3 is 1.97 bits per heavy atom. The Morgan fingerprint density at radius 1 is 0.678 bits per heavy atom. The molecule has 5 heteroatoms. The van der Waals surface area contributed by atoms with Gasteiger partial charge in [-0.3, -0.25) is 0 Å². The number of pyridine rings is 2. The molecular weight excluding hydrogens is 929 g/mol. The van der Waals surface area contributed by atoms with Gasteiger partial charge in [0, 0.05) is 37.2 Å². The summed E-state index contributed by atoms with van der Waals surface area (Å²) >= 11 is 1.86. The van der Waals surface area contributed by atoms with Crippen molar-refractivity contribution in [3.8, 4) is 33.6 Å². The van der Waals surface area contributed by atoms with E-state index < -0.39 is 8.07 Å². The predicted molar refractivity (Wildman–Crippen MR) is 257 cm³/mol. The standard InChI is InChI=1S/C35H38NS.C19H26NSi.Ir/c1-22(2)16-23-14-15-36-31(17-23)30-11-9-10-29-28-13-12-24(20-32(28)37-33(29)30)25-18-26(34(3,4)5)21-27(19-25)35(6,7)8;1-19(2,3)13-16-12-17(15-10-8-7-9-11-15)20-14-18(16)21(4,5)6;/h9-10,12-15,17-22H,16H2,1-8H3;7-10,12,14H,13H2,1-6H3;/q2*-1;. The SMILES string of the molecule is CC(C)(C)Cc1cc(-c2[c-]cccc2)ncc1[Si](C)(C)C.CC(C)Cc1ccnc(-c2[c-]ccc3c2sc2cc(-c4cc(C(C)(C)C)cc(C(C)(C)C)c4)ccc23)c1.[Ir]. The fraction of sp³-hybridized carbons (Fsp3) is 0.370. The molecule has 3 aromatic heterocycles. The van der Waals surface area contributed by atoms with Crippen LogP contribution < -0.4 is 5.19 Å². The Hall–Kier alpha value is -3.73. The van der Waals surface area contributed by atoms with Gasteiger partial charge in [0.05, 0.1) is 8.07 Å². The van der Waals surface area contributed by atoms with Crippen molar-refractivity contribution in [2.24, 2.45) is 11.3 Å². The number of hydrogen-bond acceptors (Lipinski definition) is 3. The third-order valence-corrected chi connectivity index (χ3v) is 13.9. The van der Waals surface area contributed by atoms with E-state index in [1.54, 1.807) is 0 Å². The van der Waals surface area contributed by atoms with Gasteiger partial charge in [0.25, 0.3) is 0 Å². The molecule has 2 nitrogen and oxygen atoms in total. The molecule has 4 aromatic carbocycles. The molecule has 0 amide bonds. The van der Waals surface area contributed by atoms with E-state index in [4.69, 9.17) is 9.97 Å². The third-order valence-electron chi connectivity index (χ3n) is 10.7. The van der Waals surface area contributed by atoms with Crippen LogP contribution in [-0.4, -0.2) is 18.0 Å². The zero-order valence-corrected chi connectivity index (χ0v) is 42.2. The molecule has 0 aliphatic heterocycles. The Kier molecular flexibility index (Phi) is 14.2. The van der Waals surface area contributed by atoms with Crippen molar-refractivity contribution < 1.29 is 20.1 Å². The summed E-state index contributed by atoms with van der Waals surface area (Å²) in [5.74, 6) is 0.619. The van der Waals surface area contributed by atoms with E-state index in [0.717, 1.165) is 35.4 Å². The van der Waals surface area contributed by atoms with E-state index in [9.17, 15) is 0 Å². The number of nitrogens with zero attached hydrogens (tertiary/aromatic N) is 2. The van der Waals surface area contributed by atoms with Gasteiger partial charge in [0.1, 0.15) is 0 Å². The molecule has 0 atom stereocenters. The molecule has 0 aliphatic rings. The zero-order valence-electron chi connectivity index (χ0n) is 37.9. The predicted octanol–water partition coefficient (Wildman–Crippen LogP) is 15.1. The van der Waals surface area contributed by atoms with Gasteiger partial charge >= 0.3 is 0 Å². The van der Waals surface area contributed by atoms with Gasteiger partial charge < -0.3 is 9.97 Å². The second-order valence-electron chi connectivity index (χ2n) is 20.8. The third kappa shape index (κ3) is 11.6. The van der Waals surface area contributed by atoms with Crippen molar-refractivity contribution in [3.63, 3.8) is 0 Å². The topological polar surface area (TPSA) is 25.8 Å². The molecule has 7 aromatic rings. The quantitative estimate of drug-likeness (QED) is 0.117. The smallest absolute Gasteiger partial charge is 0.0798 e. The van der Waals surface area contributed by atoms with E-state index in [0.29, 0.717) is 5.92 Å². The largest absolute Gasteiger partial charge is 0.305 e. The van der Waals surface area contributed by atoms with Gasteiger partial charge in [-0.05, 0) is 96.1 Å². The van der Waals surface area contributed by atoms with Gasteiger partial charge in [0.15, 0.2) is 0 Å². The molecule has 0 fully saturated rings. The number of fused-ring (bicyclic) bond motifs is 3. The van der Waals surface area contributed by atoms with Crippen LogP contribution in [0.15, 0.2) is 103 Å². The molecule has 1 radical (unpaired) electrons. The molecule has 7 rings (SSSR count). The van der Waals surface area contributed by atoms with Crippen LogP contribution in [0.5, 0.6) is 0 Å². The summed E-state index contributed by atoms with van der Waals surface area (Å²) in [6, 6.07) is 39.9. The minimum absolute atomic E-state index is 0. The molecule has 0 spiro atoms. The summed E-state index contributed by atoms with van der Waals surface area (Å²) in [6.07, 6.45) is 6.21. The van der Waals surface area contributed by atoms with Gasteiger partial charge in [-0.25, -0.2) is 0 Å². The fourth-order valence-electron chi connectivity index (χ4n) is 7.57. The molecule has 59 heavy (non-hydrogen) atoms. The Morgan fingerprint density at radius 2 is 1.37 bits per heavy atom. The van der Waals surface area contributed by atoms with Crippen LogP contribution in [-0.2, 0) is 43.8 Å². The Labute approximate surface area is 374 Å². The number of hydrogen-bond donors (Lipinski definition) is 0. The summed E-state index contributed by atoms with van der Waals surface area (Å²) in [5.41, 5.74) is 12.9. The first-order chi connectivity index (χ1) is 27.1. The van der Waals surface area contributed by atoms with Gasteiger partial charge in [0.2, 0.25) is 0 Å². The minimum atomic E-state index is -1.37. The van der Waals surface area contributed by atoms with Crippen LogP contribution in [0.25, 0.3) is 53.8 Å². The summed E-state index contributed by atoms with van der Waals surface area (Å²) in [4.78, 5) is 9.45. The van der Waals surface area contributed by atoms with E-state index >= 15 is 0 Å². The van der Waals surface area contributed by atoms with Crippen molar-refractivity contribution in [2.45, 2.75) is 119 Å². The number of benzene rings is 4.